The van der Waals surface area contributed by atoms with E-state index in [1.165, 1.54) is 19.3 Å². The van der Waals surface area contributed by atoms with Crippen molar-refractivity contribution in [1.29, 1.82) is 0 Å². The zero-order chi connectivity index (χ0) is 18.9. The highest BCUT2D eigenvalue weighted by Crippen LogP contribution is 2.37. The Morgan fingerprint density at radius 3 is 2.12 bits per heavy atom. The minimum Gasteiger partial charge on any atom is -0.452 e. The maximum Gasteiger partial charge on any atom is 0.490 e. The van der Waals surface area contributed by atoms with Gasteiger partial charge in [0.15, 0.2) is 0 Å². The highest BCUT2D eigenvalue weighted by molar-refractivity contribution is 5.76. The molecule has 0 aliphatic carbocycles. The summed E-state index contributed by atoms with van der Waals surface area (Å²) in [4.78, 5) is 11.3. The number of alkyl halides is 3. The number of esters is 1. The van der Waals surface area contributed by atoms with Gasteiger partial charge in [0.25, 0.3) is 0 Å². The van der Waals surface area contributed by atoms with E-state index >= 15 is 0 Å². The molecule has 0 spiro atoms. The second-order valence-corrected chi connectivity index (χ2v) is 7.01. The van der Waals surface area contributed by atoms with Gasteiger partial charge in [-0.25, -0.2) is 4.79 Å². The first-order valence-corrected chi connectivity index (χ1v) is 9.03. The number of unbranched alkanes of at least 4 members (excludes halogenated alkanes) is 5. The summed E-state index contributed by atoms with van der Waals surface area (Å²) in [5, 5.41) is 0. The summed E-state index contributed by atoms with van der Waals surface area (Å²) >= 11 is 0. The first-order chi connectivity index (χ1) is 11.7. The Morgan fingerprint density at radius 2 is 1.56 bits per heavy atom. The third-order valence-electron chi connectivity index (χ3n) is 4.47. The number of benzene rings is 1. The monoisotopic (exact) mass is 358 g/mol. The van der Waals surface area contributed by atoms with Gasteiger partial charge in [-0.15, -0.1) is 0 Å². The first-order valence-electron chi connectivity index (χ1n) is 9.03. The van der Waals surface area contributed by atoms with E-state index in [-0.39, 0.29) is 5.92 Å². The molecule has 2 nitrogen and oxygen atoms in total. The van der Waals surface area contributed by atoms with Gasteiger partial charge < -0.3 is 4.74 Å². The number of ether oxygens (including phenoxy) is 1. The van der Waals surface area contributed by atoms with Gasteiger partial charge in [-0.05, 0) is 25.8 Å². The molecule has 0 aliphatic heterocycles. The lowest BCUT2D eigenvalue weighted by Gasteiger charge is -2.35. The van der Waals surface area contributed by atoms with Crippen LogP contribution < -0.4 is 0 Å². The average molecular weight is 358 g/mol. The predicted octanol–water partition coefficient (Wildman–Crippen LogP) is 6.40. The molecule has 0 N–H and O–H groups in total. The van der Waals surface area contributed by atoms with E-state index in [4.69, 9.17) is 4.74 Å². The standard InChI is InChI=1S/C20H29F3O2/c1-4-5-6-7-8-12-15-17(16-13-10-9-11-14-16)19(2,3)25-18(24)20(21,22)23/h9-11,13-14,17H,4-8,12,15H2,1-3H3. The molecular formula is C20H29F3O2. The topological polar surface area (TPSA) is 26.3 Å². The van der Waals surface area contributed by atoms with Crippen molar-refractivity contribution in [1.82, 2.24) is 0 Å². The molecule has 0 bridgehead atoms. The molecule has 0 saturated heterocycles. The number of hydrogen-bond acceptors (Lipinski definition) is 2. The van der Waals surface area contributed by atoms with Crippen molar-refractivity contribution in [3.8, 4) is 0 Å². The molecule has 142 valence electrons. The number of hydrogen-bond donors (Lipinski definition) is 0. The Labute approximate surface area is 148 Å². The smallest absolute Gasteiger partial charge is 0.452 e. The molecule has 1 unspecified atom stereocenters. The van der Waals surface area contributed by atoms with Crippen LogP contribution in [0, 0.1) is 0 Å². The van der Waals surface area contributed by atoms with E-state index in [0.29, 0.717) is 6.42 Å². The van der Waals surface area contributed by atoms with Crippen LogP contribution in [-0.4, -0.2) is 17.7 Å². The normalized spacial score (nSPS) is 13.5. The van der Waals surface area contributed by atoms with Crippen molar-refractivity contribution < 1.29 is 22.7 Å². The molecule has 1 atom stereocenters. The summed E-state index contributed by atoms with van der Waals surface area (Å²) in [6.07, 6.45) is 2.33. The SMILES string of the molecule is CCCCCCCCC(c1ccccc1)C(C)(C)OC(=O)C(F)(F)F. The van der Waals surface area contributed by atoms with E-state index in [1.54, 1.807) is 13.8 Å². The molecule has 0 saturated carbocycles. The number of carbonyl (C=O) groups excluding carboxylic acids is 1. The summed E-state index contributed by atoms with van der Waals surface area (Å²) in [7, 11) is 0. The molecule has 1 rings (SSSR count). The summed E-state index contributed by atoms with van der Waals surface area (Å²) in [6, 6.07) is 9.33. The van der Waals surface area contributed by atoms with Crippen LogP contribution in [0.2, 0.25) is 0 Å². The summed E-state index contributed by atoms with van der Waals surface area (Å²) in [5.41, 5.74) is -0.326. The Bertz CT molecular complexity index is 509. The Balaban J connectivity index is 2.78. The van der Waals surface area contributed by atoms with Crippen LogP contribution in [-0.2, 0) is 9.53 Å². The van der Waals surface area contributed by atoms with Gasteiger partial charge in [0.1, 0.15) is 5.60 Å². The summed E-state index contributed by atoms with van der Waals surface area (Å²) in [5.74, 6) is -2.40. The average Bonchev–Trinajstić information content (AvgIpc) is 2.53. The van der Waals surface area contributed by atoms with Crippen molar-refractivity contribution in [2.45, 2.75) is 83.4 Å². The summed E-state index contributed by atoms with van der Waals surface area (Å²) in [6.45, 7) is 5.28. The Hall–Kier alpha value is -1.52. The Morgan fingerprint density at radius 1 is 1.00 bits per heavy atom. The van der Waals surface area contributed by atoms with Crippen LogP contribution in [0.4, 0.5) is 13.2 Å². The van der Waals surface area contributed by atoms with Gasteiger partial charge in [0.2, 0.25) is 0 Å². The fourth-order valence-corrected chi connectivity index (χ4v) is 3.10. The van der Waals surface area contributed by atoms with Crippen LogP contribution in [0.25, 0.3) is 0 Å². The van der Waals surface area contributed by atoms with E-state index in [1.807, 2.05) is 30.3 Å². The van der Waals surface area contributed by atoms with Gasteiger partial charge >= 0.3 is 12.1 Å². The number of rotatable bonds is 10. The zero-order valence-electron chi connectivity index (χ0n) is 15.4. The quantitative estimate of drug-likeness (QED) is 0.357. The van der Waals surface area contributed by atoms with Gasteiger partial charge in [0.05, 0.1) is 0 Å². The molecular weight excluding hydrogens is 329 g/mol. The van der Waals surface area contributed by atoms with Gasteiger partial charge in [0, 0.05) is 5.92 Å². The minimum atomic E-state index is -4.97. The van der Waals surface area contributed by atoms with Crippen molar-refractivity contribution >= 4 is 5.97 Å². The second-order valence-electron chi connectivity index (χ2n) is 7.01. The molecule has 5 heteroatoms. The Kier molecular flexibility index (Phi) is 8.46. The van der Waals surface area contributed by atoms with Crippen molar-refractivity contribution in [2.75, 3.05) is 0 Å². The fraction of sp³-hybridized carbons (Fsp3) is 0.650. The molecule has 0 aliphatic rings. The molecule has 0 heterocycles. The lowest BCUT2D eigenvalue weighted by molar-refractivity contribution is -0.213. The lowest BCUT2D eigenvalue weighted by Crippen LogP contribution is -2.40. The van der Waals surface area contributed by atoms with Crippen molar-refractivity contribution in [3.63, 3.8) is 0 Å². The van der Waals surface area contributed by atoms with Crippen LogP contribution in [0.15, 0.2) is 30.3 Å². The fourth-order valence-electron chi connectivity index (χ4n) is 3.10. The van der Waals surface area contributed by atoms with Gasteiger partial charge in [-0.2, -0.15) is 13.2 Å². The minimum absolute atomic E-state index is 0.272. The van der Waals surface area contributed by atoms with E-state index < -0.39 is 17.7 Å². The highest BCUT2D eigenvalue weighted by Gasteiger charge is 2.46. The van der Waals surface area contributed by atoms with E-state index in [2.05, 4.69) is 6.92 Å². The molecule has 0 radical (unpaired) electrons. The summed E-state index contributed by atoms with van der Waals surface area (Å²) < 4.78 is 42.6. The second kappa shape index (κ2) is 9.83. The van der Waals surface area contributed by atoms with Crippen LogP contribution in [0.3, 0.4) is 0 Å². The molecule has 0 fully saturated rings. The lowest BCUT2D eigenvalue weighted by atomic mass is 9.80. The largest absolute Gasteiger partial charge is 0.490 e. The third kappa shape index (κ3) is 7.49. The molecule has 0 aromatic heterocycles. The molecule has 25 heavy (non-hydrogen) atoms. The van der Waals surface area contributed by atoms with Crippen molar-refractivity contribution in [3.05, 3.63) is 35.9 Å². The van der Waals surface area contributed by atoms with Gasteiger partial charge in [-0.3, -0.25) is 0 Å². The zero-order valence-corrected chi connectivity index (χ0v) is 15.4. The molecule has 0 amide bonds. The maximum atomic E-state index is 12.6. The maximum absolute atomic E-state index is 12.6. The van der Waals surface area contributed by atoms with E-state index in [9.17, 15) is 18.0 Å². The van der Waals surface area contributed by atoms with Crippen LogP contribution in [0.5, 0.6) is 0 Å². The molecule has 1 aromatic rings. The first kappa shape index (κ1) is 21.5. The van der Waals surface area contributed by atoms with Gasteiger partial charge in [-0.1, -0.05) is 75.8 Å². The predicted molar refractivity (Wildman–Crippen MR) is 93.4 cm³/mol. The third-order valence-corrected chi connectivity index (χ3v) is 4.47. The van der Waals surface area contributed by atoms with Crippen LogP contribution >= 0.6 is 0 Å². The van der Waals surface area contributed by atoms with Crippen molar-refractivity contribution in [2.24, 2.45) is 0 Å². The number of halogens is 3. The number of carbonyl (C=O) groups is 1. The van der Waals surface area contributed by atoms with E-state index in [0.717, 1.165) is 24.8 Å². The molecule has 1 aromatic carbocycles. The highest BCUT2D eigenvalue weighted by atomic mass is 19.4. The van der Waals surface area contributed by atoms with Crippen LogP contribution in [0.1, 0.15) is 77.2 Å².